The molecule has 2 heterocycles. The van der Waals surface area contributed by atoms with Crippen LogP contribution in [0.1, 0.15) is 44.6 Å². The lowest BCUT2D eigenvalue weighted by Crippen LogP contribution is -2.62. The average molecular weight is 338 g/mol. The summed E-state index contributed by atoms with van der Waals surface area (Å²) in [5.41, 5.74) is 1.71. The van der Waals surface area contributed by atoms with Gasteiger partial charge in [0.05, 0.1) is 0 Å². The molecule has 110 valence electrons. The minimum atomic E-state index is 0.394. The Balaban J connectivity index is 1.74. The van der Waals surface area contributed by atoms with Crippen LogP contribution in [0.5, 0.6) is 0 Å². The molecule has 1 aromatic rings. The molecule has 0 aromatic carbocycles. The number of hydrogen-bond donors (Lipinski definition) is 1. The van der Waals surface area contributed by atoms with E-state index in [1.165, 1.54) is 44.2 Å². The largest absolute Gasteiger partial charge is 0.308 e. The van der Waals surface area contributed by atoms with Crippen molar-refractivity contribution in [1.29, 1.82) is 0 Å². The average Bonchev–Trinajstić information content (AvgIpc) is 2.87. The van der Waals surface area contributed by atoms with Crippen molar-refractivity contribution in [3.63, 3.8) is 0 Å². The van der Waals surface area contributed by atoms with Gasteiger partial charge in [0, 0.05) is 48.1 Å². The van der Waals surface area contributed by atoms with Crippen LogP contribution < -0.4 is 5.32 Å². The van der Waals surface area contributed by atoms with E-state index >= 15 is 0 Å². The van der Waals surface area contributed by atoms with Gasteiger partial charge in [-0.15, -0.1) is 0 Å². The number of pyridine rings is 1. The monoisotopic (exact) mass is 337 g/mol. The third kappa shape index (κ3) is 3.07. The van der Waals surface area contributed by atoms with Gasteiger partial charge in [0.1, 0.15) is 0 Å². The standard InChI is InChI=1S/C16H24BrN3/c1-2-15-10-19-16(5-3-4-6-16)12-20(15)11-13-7-14(17)9-18-8-13/h7-9,15,19H,2-6,10-12H2,1H3. The summed E-state index contributed by atoms with van der Waals surface area (Å²) in [5.74, 6) is 0. The lowest BCUT2D eigenvalue weighted by atomic mass is 9.91. The Morgan fingerprint density at radius 3 is 2.90 bits per heavy atom. The molecular weight excluding hydrogens is 314 g/mol. The predicted octanol–water partition coefficient (Wildman–Crippen LogP) is 3.34. The minimum absolute atomic E-state index is 0.394. The van der Waals surface area contributed by atoms with Gasteiger partial charge in [0.2, 0.25) is 0 Å². The van der Waals surface area contributed by atoms with Crippen molar-refractivity contribution in [3.8, 4) is 0 Å². The summed E-state index contributed by atoms with van der Waals surface area (Å²) in [6, 6.07) is 2.85. The Labute approximate surface area is 130 Å². The van der Waals surface area contributed by atoms with Crippen molar-refractivity contribution in [2.45, 2.75) is 57.2 Å². The zero-order valence-corrected chi connectivity index (χ0v) is 13.8. The van der Waals surface area contributed by atoms with Crippen LogP contribution in [0.2, 0.25) is 0 Å². The van der Waals surface area contributed by atoms with E-state index < -0.39 is 0 Å². The van der Waals surface area contributed by atoms with Crippen LogP contribution in [0.3, 0.4) is 0 Å². The summed E-state index contributed by atoms with van der Waals surface area (Å²) in [5, 5.41) is 3.86. The van der Waals surface area contributed by atoms with Gasteiger partial charge >= 0.3 is 0 Å². The number of nitrogens with zero attached hydrogens (tertiary/aromatic N) is 2. The fourth-order valence-corrected chi connectivity index (χ4v) is 4.20. The Bertz CT molecular complexity index is 457. The first kappa shape index (κ1) is 14.5. The molecule has 1 spiro atoms. The number of hydrogen-bond acceptors (Lipinski definition) is 3. The van der Waals surface area contributed by atoms with Gasteiger partial charge in [-0.25, -0.2) is 0 Å². The van der Waals surface area contributed by atoms with Crippen molar-refractivity contribution >= 4 is 15.9 Å². The topological polar surface area (TPSA) is 28.2 Å². The molecule has 4 heteroatoms. The van der Waals surface area contributed by atoms with Crippen LogP contribution >= 0.6 is 15.9 Å². The summed E-state index contributed by atoms with van der Waals surface area (Å²) in [4.78, 5) is 6.97. The number of halogens is 1. The first-order valence-electron chi connectivity index (χ1n) is 7.79. The first-order chi connectivity index (χ1) is 9.71. The Morgan fingerprint density at radius 1 is 1.40 bits per heavy atom. The second-order valence-corrected chi connectivity index (χ2v) is 7.26. The normalized spacial score (nSPS) is 26.2. The molecule has 3 rings (SSSR count). The van der Waals surface area contributed by atoms with Crippen molar-refractivity contribution in [1.82, 2.24) is 15.2 Å². The first-order valence-corrected chi connectivity index (χ1v) is 8.59. The molecule has 0 amide bonds. The highest BCUT2D eigenvalue weighted by molar-refractivity contribution is 9.10. The van der Waals surface area contributed by atoms with Crippen molar-refractivity contribution in [3.05, 3.63) is 28.5 Å². The highest BCUT2D eigenvalue weighted by Gasteiger charge is 2.40. The van der Waals surface area contributed by atoms with Crippen LogP contribution in [0, 0.1) is 0 Å². The molecule has 0 radical (unpaired) electrons. The van der Waals surface area contributed by atoms with Crippen LogP contribution in [0.25, 0.3) is 0 Å². The highest BCUT2D eigenvalue weighted by Crippen LogP contribution is 2.34. The minimum Gasteiger partial charge on any atom is -0.308 e. The molecule has 1 atom stereocenters. The number of rotatable bonds is 3. The molecule has 1 unspecified atom stereocenters. The van der Waals surface area contributed by atoms with E-state index in [0.717, 1.165) is 17.6 Å². The maximum Gasteiger partial charge on any atom is 0.0410 e. The molecule has 1 aliphatic heterocycles. The predicted molar refractivity (Wildman–Crippen MR) is 85.6 cm³/mol. The van der Waals surface area contributed by atoms with Gasteiger partial charge in [-0.1, -0.05) is 19.8 Å². The van der Waals surface area contributed by atoms with E-state index in [4.69, 9.17) is 0 Å². The van der Waals surface area contributed by atoms with Gasteiger partial charge in [0.25, 0.3) is 0 Å². The molecule has 1 saturated carbocycles. The maximum atomic E-state index is 4.30. The SMILES string of the molecule is CCC1CNC2(CCCC2)CN1Cc1cncc(Br)c1. The van der Waals surface area contributed by atoms with Crippen LogP contribution in [0.15, 0.2) is 22.9 Å². The third-order valence-electron chi connectivity index (χ3n) is 4.91. The van der Waals surface area contributed by atoms with Crippen LogP contribution in [0.4, 0.5) is 0 Å². The lowest BCUT2D eigenvalue weighted by Gasteiger charge is -2.46. The molecule has 1 aliphatic carbocycles. The number of piperazine rings is 1. The number of nitrogens with one attached hydrogen (secondary N) is 1. The Morgan fingerprint density at radius 2 is 2.20 bits per heavy atom. The second kappa shape index (κ2) is 6.12. The smallest absolute Gasteiger partial charge is 0.0410 e. The Kier molecular flexibility index (Phi) is 4.43. The second-order valence-electron chi connectivity index (χ2n) is 6.35. The Hall–Kier alpha value is -0.450. The van der Waals surface area contributed by atoms with E-state index in [2.05, 4.69) is 44.1 Å². The molecule has 20 heavy (non-hydrogen) atoms. The molecule has 1 N–H and O–H groups in total. The summed E-state index contributed by atoms with van der Waals surface area (Å²) >= 11 is 3.53. The number of aromatic nitrogens is 1. The molecule has 0 bridgehead atoms. The summed E-state index contributed by atoms with van der Waals surface area (Å²) in [7, 11) is 0. The molecule has 1 saturated heterocycles. The van der Waals surface area contributed by atoms with Crippen LogP contribution in [-0.4, -0.2) is 34.6 Å². The van der Waals surface area contributed by atoms with E-state index in [1.807, 2.05) is 12.4 Å². The van der Waals surface area contributed by atoms with Crippen molar-refractivity contribution in [2.75, 3.05) is 13.1 Å². The molecular formula is C16H24BrN3. The van der Waals surface area contributed by atoms with E-state index in [9.17, 15) is 0 Å². The van der Waals surface area contributed by atoms with Gasteiger partial charge in [-0.2, -0.15) is 0 Å². The summed E-state index contributed by atoms with van der Waals surface area (Å²) < 4.78 is 1.08. The summed E-state index contributed by atoms with van der Waals surface area (Å²) in [6.07, 6.45) is 10.5. The van der Waals surface area contributed by atoms with Gasteiger partial charge in [-0.3, -0.25) is 9.88 Å². The fourth-order valence-electron chi connectivity index (χ4n) is 3.79. The quantitative estimate of drug-likeness (QED) is 0.916. The van der Waals surface area contributed by atoms with E-state index in [-0.39, 0.29) is 0 Å². The third-order valence-corrected chi connectivity index (χ3v) is 5.35. The zero-order valence-electron chi connectivity index (χ0n) is 12.2. The van der Waals surface area contributed by atoms with E-state index in [1.54, 1.807) is 0 Å². The molecule has 1 aromatic heterocycles. The lowest BCUT2D eigenvalue weighted by molar-refractivity contribution is 0.0717. The maximum absolute atomic E-state index is 4.30. The highest BCUT2D eigenvalue weighted by atomic mass is 79.9. The zero-order chi connectivity index (χ0) is 14.0. The molecule has 2 fully saturated rings. The molecule has 3 nitrogen and oxygen atoms in total. The van der Waals surface area contributed by atoms with Gasteiger partial charge in [-0.05, 0) is 46.8 Å². The van der Waals surface area contributed by atoms with Gasteiger partial charge < -0.3 is 5.32 Å². The van der Waals surface area contributed by atoms with Gasteiger partial charge in [0.15, 0.2) is 0 Å². The van der Waals surface area contributed by atoms with Crippen molar-refractivity contribution in [2.24, 2.45) is 0 Å². The van der Waals surface area contributed by atoms with E-state index in [0.29, 0.717) is 11.6 Å². The summed E-state index contributed by atoms with van der Waals surface area (Å²) in [6.45, 7) is 5.65. The fraction of sp³-hybridized carbons (Fsp3) is 0.688. The van der Waals surface area contributed by atoms with Crippen molar-refractivity contribution < 1.29 is 0 Å². The molecule has 2 aliphatic rings. The van der Waals surface area contributed by atoms with Crippen LogP contribution in [-0.2, 0) is 6.54 Å².